The van der Waals surface area contributed by atoms with E-state index in [1.54, 1.807) is 12.1 Å². The molecule has 1 N–H and O–H groups in total. The first-order chi connectivity index (χ1) is 19.3. The summed E-state index contributed by atoms with van der Waals surface area (Å²) in [7, 11) is 0. The fraction of sp³-hybridized carbons (Fsp3) is 0.0526. The van der Waals surface area contributed by atoms with E-state index in [4.69, 9.17) is 0 Å². The van der Waals surface area contributed by atoms with Crippen molar-refractivity contribution in [3.63, 3.8) is 0 Å². The maximum absolute atomic E-state index is 10.1. The van der Waals surface area contributed by atoms with Crippen molar-refractivity contribution in [3.8, 4) is 5.75 Å². The van der Waals surface area contributed by atoms with Gasteiger partial charge in [-0.2, -0.15) is 0 Å². The van der Waals surface area contributed by atoms with E-state index >= 15 is 0 Å². The lowest BCUT2D eigenvalue weighted by atomic mass is 9.65. The van der Waals surface area contributed by atoms with Crippen molar-refractivity contribution in [1.29, 1.82) is 0 Å². The highest BCUT2D eigenvalue weighted by Gasteiger charge is 2.38. The molecule has 0 spiro atoms. The molecular formula is C38H30O. The van der Waals surface area contributed by atoms with Gasteiger partial charge >= 0.3 is 0 Å². The lowest BCUT2D eigenvalue weighted by Gasteiger charge is -2.37. The number of aromatic hydroxyl groups is 1. The molecule has 0 radical (unpaired) electrons. The van der Waals surface area contributed by atoms with Crippen LogP contribution in [0.5, 0.6) is 5.75 Å². The Morgan fingerprint density at radius 2 is 0.641 bits per heavy atom. The Labute approximate surface area is 230 Å². The van der Waals surface area contributed by atoms with Crippen LogP contribution < -0.4 is 0 Å². The van der Waals surface area contributed by atoms with Crippen LogP contribution in [0.15, 0.2) is 170 Å². The minimum atomic E-state index is -0.552. The second-order valence-corrected chi connectivity index (χ2v) is 9.91. The van der Waals surface area contributed by atoms with E-state index in [1.165, 1.54) is 33.4 Å². The van der Waals surface area contributed by atoms with Crippen molar-refractivity contribution in [2.75, 3.05) is 0 Å². The van der Waals surface area contributed by atoms with Crippen molar-refractivity contribution in [2.24, 2.45) is 0 Å². The van der Waals surface area contributed by atoms with E-state index in [1.807, 2.05) is 12.1 Å². The Bertz CT molecular complexity index is 1530. The summed E-state index contributed by atoms with van der Waals surface area (Å²) in [4.78, 5) is 0. The van der Waals surface area contributed by atoms with Crippen molar-refractivity contribution in [3.05, 3.63) is 209 Å². The van der Waals surface area contributed by atoms with Crippen LogP contribution in [-0.4, -0.2) is 5.11 Å². The third kappa shape index (κ3) is 4.64. The average Bonchev–Trinajstić information content (AvgIpc) is 3.01. The number of hydrogen-bond acceptors (Lipinski definition) is 1. The van der Waals surface area contributed by atoms with Crippen LogP contribution in [0.25, 0.3) is 0 Å². The monoisotopic (exact) mass is 502 g/mol. The molecule has 0 aliphatic rings. The van der Waals surface area contributed by atoms with Crippen molar-refractivity contribution in [2.45, 2.75) is 11.3 Å². The Balaban J connectivity index is 1.57. The number of phenols is 1. The summed E-state index contributed by atoms with van der Waals surface area (Å²) >= 11 is 0. The second kappa shape index (κ2) is 10.8. The molecule has 188 valence electrons. The van der Waals surface area contributed by atoms with Crippen molar-refractivity contribution in [1.82, 2.24) is 0 Å². The zero-order chi connectivity index (χ0) is 26.5. The van der Waals surface area contributed by atoms with Crippen LogP contribution in [0.2, 0.25) is 0 Å². The lowest BCUT2D eigenvalue weighted by Crippen LogP contribution is -2.31. The molecule has 0 amide bonds. The highest BCUT2D eigenvalue weighted by atomic mass is 16.3. The molecule has 0 fully saturated rings. The van der Waals surface area contributed by atoms with E-state index in [0.717, 1.165) is 5.56 Å². The first-order valence-electron chi connectivity index (χ1n) is 13.4. The third-order valence-electron chi connectivity index (χ3n) is 7.66. The highest BCUT2D eigenvalue weighted by molar-refractivity contribution is 5.60. The van der Waals surface area contributed by atoms with Gasteiger partial charge in [0.2, 0.25) is 0 Å². The lowest BCUT2D eigenvalue weighted by molar-refractivity contribution is 0.475. The summed E-state index contributed by atoms with van der Waals surface area (Å²) in [6.07, 6.45) is 0. The third-order valence-corrected chi connectivity index (χ3v) is 7.66. The molecule has 0 saturated carbocycles. The zero-order valence-electron chi connectivity index (χ0n) is 21.7. The highest BCUT2D eigenvalue weighted by Crippen LogP contribution is 2.46. The predicted molar refractivity (Wildman–Crippen MR) is 160 cm³/mol. The molecule has 0 unspecified atom stereocenters. The SMILES string of the molecule is Oc1ccc(C(c2ccccc2)(c2ccccc2)c2ccc(C(c3ccccc3)c3ccccc3)cc2)cc1. The topological polar surface area (TPSA) is 20.2 Å². The summed E-state index contributed by atoms with van der Waals surface area (Å²) in [6.45, 7) is 0. The molecule has 1 heteroatoms. The Morgan fingerprint density at radius 1 is 0.333 bits per heavy atom. The summed E-state index contributed by atoms with van der Waals surface area (Å²) in [5.74, 6) is 0.399. The smallest absolute Gasteiger partial charge is 0.115 e. The zero-order valence-corrected chi connectivity index (χ0v) is 21.7. The van der Waals surface area contributed by atoms with Gasteiger partial charge in [0.25, 0.3) is 0 Å². The number of rotatable bonds is 7. The van der Waals surface area contributed by atoms with E-state index in [0.29, 0.717) is 0 Å². The van der Waals surface area contributed by atoms with Gasteiger partial charge in [0.05, 0.1) is 5.41 Å². The minimum absolute atomic E-state index is 0.137. The fourth-order valence-corrected chi connectivity index (χ4v) is 5.88. The second-order valence-electron chi connectivity index (χ2n) is 9.91. The molecular weight excluding hydrogens is 472 g/mol. The molecule has 0 aliphatic carbocycles. The summed E-state index contributed by atoms with van der Waals surface area (Å²) in [5.41, 5.74) is 7.87. The summed E-state index contributed by atoms with van der Waals surface area (Å²) in [6, 6.07) is 59.5. The molecule has 6 rings (SSSR count). The Kier molecular flexibility index (Phi) is 6.80. The molecule has 0 heterocycles. The molecule has 0 bridgehead atoms. The van der Waals surface area contributed by atoms with Crippen LogP contribution in [0.1, 0.15) is 44.9 Å². The van der Waals surface area contributed by atoms with Crippen LogP contribution in [-0.2, 0) is 5.41 Å². The van der Waals surface area contributed by atoms with Gasteiger partial charge in [-0.3, -0.25) is 0 Å². The minimum Gasteiger partial charge on any atom is -0.508 e. The van der Waals surface area contributed by atoms with Crippen LogP contribution in [0.4, 0.5) is 0 Å². The van der Waals surface area contributed by atoms with Gasteiger partial charge in [0, 0.05) is 5.92 Å². The van der Waals surface area contributed by atoms with Gasteiger partial charge in [-0.1, -0.05) is 158 Å². The van der Waals surface area contributed by atoms with Crippen molar-refractivity contribution < 1.29 is 5.11 Å². The maximum Gasteiger partial charge on any atom is 0.115 e. The average molecular weight is 503 g/mol. The van der Waals surface area contributed by atoms with E-state index in [-0.39, 0.29) is 11.7 Å². The first kappa shape index (κ1) is 24.5. The van der Waals surface area contributed by atoms with Gasteiger partial charge in [-0.05, 0) is 51.1 Å². The van der Waals surface area contributed by atoms with Gasteiger partial charge in [0.1, 0.15) is 5.75 Å². The molecule has 0 aliphatic heterocycles. The van der Waals surface area contributed by atoms with E-state index in [2.05, 4.69) is 146 Å². The van der Waals surface area contributed by atoms with Crippen LogP contribution >= 0.6 is 0 Å². The molecule has 6 aromatic carbocycles. The van der Waals surface area contributed by atoms with E-state index in [9.17, 15) is 5.11 Å². The normalized spacial score (nSPS) is 11.4. The van der Waals surface area contributed by atoms with Gasteiger partial charge in [0.15, 0.2) is 0 Å². The van der Waals surface area contributed by atoms with Crippen LogP contribution in [0.3, 0.4) is 0 Å². The number of benzene rings is 6. The maximum atomic E-state index is 10.1. The number of hydrogen-bond donors (Lipinski definition) is 1. The Hall–Kier alpha value is -4.88. The molecule has 0 atom stereocenters. The molecule has 1 nitrogen and oxygen atoms in total. The Morgan fingerprint density at radius 3 is 1.05 bits per heavy atom. The summed E-state index contributed by atoms with van der Waals surface area (Å²) in [5, 5.41) is 10.1. The first-order valence-corrected chi connectivity index (χ1v) is 13.4. The number of phenolic OH excluding ortho intramolecular Hbond substituents is 1. The van der Waals surface area contributed by atoms with Gasteiger partial charge < -0.3 is 5.11 Å². The fourth-order valence-electron chi connectivity index (χ4n) is 5.88. The molecule has 0 aromatic heterocycles. The van der Waals surface area contributed by atoms with Gasteiger partial charge in [-0.15, -0.1) is 0 Å². The van der Waals surface area contributed by atoms with Gasteiger partial charge in [-0.25, -0.2) is 0 Å². The molecule has 39 heavy (non-hydrogen) atoms. The predicted octanol–water partition coefficient (Wildman–Crippen LogP) is 8.96. The standard InChI is InChI=1S/C38H30O/c39-36-27-25-35(26-28-36)38(32-17-9-3-10-18-32,33-19-11-4-12-20-33)34-23-21-31(22-24-34)37(29-13-5-1-6-14-29)30-15-7-2-8-16-30/h1-28,37,39H. The van der Waals surface area contributed by atoms with Crippen LogP contribution in [0, 0.1) is 0 Å². The molecule has 0 saturated heterocycles. The largest absolute Gasteiger partial charge is 0.508 e. The molecule has 6 aromatic rings. The summed E-state index contributed by atoms with van der Waals surface area (Å²) < 4.78 is 0. The van der Waals surface area contributed by atoms with Crippen molar-refractivity contribution >= 4 is 0 Å². The quantitative estimate of drug-likeness (QED) is 0.216. The van der Waals surface area contributed by atoms with E-state index < -0.39 is 5.41 Å².